The summed E-state index contributed by atoms with van der Waals surface area (Å²) in [5.41, 5.74) is -0.888. The predicted octanol–water partition coefficient (Wildman–Crippen LogP) is 2.13. The van der Waals surface area contributed by atoms with Crippen LogP contribution >= 0.6 is 8.58 Å². The summed E-state index contributed by atoms with van der Waals surface area (Å²) in [6.07, 6.45) is 0. The number of benzene rings is 2. The normalized spacial score (nSPS) is 10.7. The van der Waals surface area contributed by atoms with Crippen molar-refractivity contribution in [1.82, 2.24) is 0 Å². The van der Waals surface area contributed by atoms with Crippen LogP contribution in [-0.2, 0) is 0 Å². The van der Waals surface area contributed by atoms with E-state index in [0.29, 0.717) is 5.30 Å². The molecule has 1 atom stereocenters. The van der Waals surface area contributed by atoms with E-state index in [-0.39, 0.29) is 8.58 Å². The van der Waals surface area contributed by atoms with E-state index in [0.717, 1.165) is 11.4 Å². The van der Waals surface area contributed by atoms with Crippen molar-refractivity contribution in [3.05, 3.63) is 68.8 Å². The Bertz CT molecular complexity index is 631. The molecule has 0 aliphatic carbocycles. The van der Waals surface area contributed by atoms with Gasteiger partial charge < -0.3 is 0 Å². The molecular weight excluding hydrogens is 267 g/mol. The first-order chi connectivity index (χ1) is 9.09. The lowest BCUT2D eigenvalue weighted by atomic mass is 10.3. The molecule has 0 saturated carbocycles. The quantitative estimate of drug-likeness (QED) is 0.486. The Labute approximate surface area is 110 Å². The van der Waals surface area contributed by atoms with Crippen LogP contribution in [0.1, 0.15) is 0 Å². The molecule has 0 fully saturated rings. The summed E-state index contributed by atoms with van der Waals surface area (Å²) in [5, 5.41) is 23.1. The van der Waals surface area contributed by atoms with Gasteiger partial charge in [0.05, 0.1) is 15.2 Å². The van der Waals surface area contributed by atoms with Gasteiger partial charge in [-0.15, -0.1) is 0 Å². The molecule has 0 spiro atoms. The maximum absolute atomic E-state index is 11.0. The minimum absolute atomic E-state index is 0.0113. The highest BCUT2D eigenvalue weighted by Crippen LogP contribution is 2.28. The van der Waals surface area contributed by atoms with Crippen molar-refractivity contribution in [2.45, 2.75) is 0 Å². The Balaban J connectivity index is 2.48. The van der Waals surface area contributed by atoms with Gasteiger partial charge in [0.1, 0.15) is 0 Å². The molecule has 1 unspecified atom stereocenters. The van der Waals surface area contributed by atoms with Gasteiger partial charge in [0.25, 0.3) is 0 Å². The first-order valence-corrected chi connectivity index (χ1v) is 6.33. The highest BCUT2D eigenvalue weighted by Gasteiger charge is 2.27. The van der Waals surface area contributed by atoms with E-state index in [1.54, 1.807) is 6.07 Å². The summed E-state index contributed by atoms with van der Waals surface area (Å²) in [5.74, 6) is 0. The van der Waals surface area contributed by atoms with Crippen molar-refractivity contribution in [3.63, 3.8) is 0 Å². The van der Waals surface area contributed by atoms with E-state index in [4.69, 9.17) is 0 Å². The van der Waals surface area contributed by atoms with E-state index in [1.807, 2.05) is 30.3 Å². The molecule has 0 heterocycles. The molecule has 0 N–H and O–H groups in total. The second-order valence-corrected chi connectivity index (χ2v) is 5.04. The lowest BCUT2D eigenvalue weighted by Crippen LogP contribution is -2.10. The zero-order chi connectivity index (χ0) is 13.8. The van der Waals surface area contributed by atoms with Crippen LogP contribution < -0.4 is 10.6 Å². The van der Waals surface area contributed by atoms with Crippen LogP contribution in [0.2, 0.25) is 0 Å². The Morgan fingerprint density at radius 3 is 2.11 bits per heavy atom. The smallest absolute Gasteiger partial charge is 0.258 e. The van der Waals surface area contributed by atoms with Crippen molar-refractivity contribution in [2.75, 3.05) is 0 Å². The van der Waals surface area contributed by atoms with Gasteiger partial charge in [-0.3, -0.25) is 20.2 Å². The molecule has 2 aromatic carbocycles. The summed E-state index contributed by atoms with van der Waals surface area (Å²) < 4.78 is 0. The van der Waals surface area contributed by atoms with Gasteiger partial charge >= 0.3 is 11.4 Å². The predicted molar refractivity (Wildman–Crippen MR) is 73.8 cm³/mol. The highest BCUT2D eigenvalue weighted by molar-refractivity contribution is 7.55. The molecule has 19 heavy (non-hydrogen) atoms. The van der Waals surface area contributed by atoms with Crippen molar-refractivity contribution < 1.29 is 9.85 Å². The second kappa shape index (κ2) is 5.54. The van der Waals surface area contributed by atoms with Gasteiger partial charge in [-0.25, -0.2) is 0 Å². The van der Waals surface area contributed by atoms with Crippen molar-refractivity contribution in [2.24, 2.45) is 0 Å². The fourth-order valence-corrected chi connectivity index (χ4v) is 2.84. The van der Waals surface area contributed by atoms with Crippen LogP contribution in [0.15, 0.2) is 48.5 Å². The van der Waals surface area contributed by atoms with Gasteiger partial charge in [-0.2, -0.15) is 0 Å². The summed E-state index contributed by atoms with van der Waals surface area (Å²) in [6.45, 7) is 0. The van der Waals surface area contributed by atoms with Crippen LogP contribution in [0.3, 0.4) is 0 Å². The monoisotopic (exact) mass is 276 g/mol. The highest BCUT2D eigenvalue weighted by atomic mass is 31.1. The third kappa shape index (κ3) is 2.92. The van der Waals surface area contributed by atoms with E-state index >= 15 is 0 Å². The summed E-state index contributed by atoms with van der Waals surface area (Å²) in [7, 11) is 0.0113. The molecule has 7 heteroatoms. The van der Waals surface area contributed by atoms with Gasteiger partial charge in [0, 0.05) is 6.07 Å². The SMILES string of the molecule is O=[N+]([O-])c1cccc(Pc2ccccc2)c1[N+](=O)[O-]. The molecule has 2 rings (SSSR count). The Morgan fingerprint density at radius 1 is 0.842 bits per heavy atom. The van der Waals surface area contributed by atoms with Crippen LogP contribution in [0.25, 0.3) is 0 Å². The Kier molecular flexibility index (Phi) is 3.82. The third-order valence-corrected chi connectivity index (χ3v) is 3.74. The fraction of sp³-hybridized carbons (Fsp3) is 0. The van der Waals surface area contributed by atoms with Gasteiger partial charge in [0.2, 0.25) is 0 Å². The first-order valence-electron chi connectivity index (χ1n) is 5.33. The zero-order valence-corrected chi connectivity index (χ0v) is 10.6. The number of nitro benzene ring substituents is 2. The molecule has 0 aliphatic rings. The molecule has 6 nitrogen and oxygen atoms in total. The lowest BCUT2D eigenvalue weighted by Gasteiger charge is -2.03. The van der Waals surface area contributed by atoms with Crippen molar-refractivity contribution >= 4 is 30.6 Å². The van der Waals surface area contributed by atoms with Gasteiger partial charge in [-0.05, 0) is 11.4 Å². The average molecular weight is 276 g/mol. The molecule has 0 saturated heterocycles. The molecular formula is C12H9N2O4P. The molecule has 0 aromatic heterocycles. The molecule has 96 valence electrons. The zero-order valence-electron chi connectivity index (χ0n) is 9.65. The summed E-state index contributed by atoms with van der Waals surface area (Å²) >= 11 is 0. The summed E-state index contributed by atoms with van der Waals surface area (Å²) in [6, 6.07) is 13.3. The number of hydrogen-bond acceptors (Lipinski definition) is 4. The molecule has 2 aromatic rings. The van der Waals surface area contributed by atoms with Gasteiger partial charge in [-0.1, -0.05) is 45.0 Å². The summed E-state index contributed by atoms with van der Waals surface area (Å²) in [4.78, 5) is 20.5. The largest absolute Gasteiger partial charge is 0.353 e. The lowest BCUT2D eigenvalue weighted by molar-refractivity contribution is -0.421. The number of nitrogens with zero attached hydrogens (tertiary/aromatic N) is 2. The van der Waals surface area contributed by atoms with Crippen LogP contribution in [0.4, 0.5) is 11.4 Å². The van der Waals surface area contributed by atoms with Crippen LogP contribution in [0, 0.1) is 20.2 Å². The Morgan fingerprint density at radius 2 is 1.53 bits per heavy atom. The Hall–Kier alpha value is -2.33. The van der Waals surface area contributed by atoms with Crippen LogP contribution in [0.5, 0.6) is 0 Å². The maximum atomic E-state index is 11.0. The maximum Gasteiger partial charge on any atom is 0.353 e. The molecule has 0 amide bonds. The number of rotatable bonds is 4. The minimum atomic E-state index is -0.725. The van der Waals surface area contributed by atoms with Crippen molar-refractivity contribution in [1.29, 1.82) is 0 Å². The molecule has 0 bridgehead atoms. The van der Waals surface area contributed by atoms with E-state index < -0.39 is 21.2 Å². The van der Waals surface area contributed by atoms with Crippen molar-refractivity contribution in [3.8, 4) is 0 Å². The van der Waals surface area contributed by atoms with Gasteiger partial charge in [0.15, 0.2) is 0 Å². The number of nitro groups is 2. The number of hydrogen-bond donors (Lipinski definition) is 0. The molecule has 0 aliphatic heterocycles. The fourth-order valence-electron chi connectivity index (χ4n) is 1.65. The average Bonchev–Trinajstić information content (AvgIpc) is 2.39. The molecule has 0 radical (unpaired) electrons. The van der Waals surface area contributed by atoms with E-state index in [9.17, 15) is 20.2 Å². The van der Waals surface area contributed by atoms with E-state index in [1.165, 1.54) is 6.07 Å². The second-order valence-electron chi connectivity index (χ2n) is 3.68. The minimum Gasteiger partial charge on any atom is -0.258 e. The third-order valence-electron chi connectivity index (χ3n) is 2.45. The topological polar surface area (TPSA) is 86.3 Å². The van der Waals surface area contributed by atoms with E-state index in [2.05, 4.69) is 0 Å². The number of para-hydroxylation sites is 1. The first kappa shape index (κ1) is 13.1. The van der Waals surface area contributed by atoms with Crippen LogP contribution in [-0.4, -0.2) is 9.85 Å². The standard InChI is InChI=1S/C12H9N2O4P/c15-13(16)10-7-4-8-11(12(10)14(17)18)19-9-5-2-1-3-6-9/h1-8,19H.